The van der Waals surface area contributed by atoms with Crippen molar-refractivity contribution in [3.63, 3.8) is 0 Å². The van der Waals surface area contributed by atoms with Crippen molar-refractivity contribution in [1.29, 1.82) is 0 Å². The third-order valence-electron chi connectivity index (χ3n) is 6.85. The molecule has 0 fully saturated rings. The van der Waals surface area contributed by atoms with E-state index in [1.807, 2.05) is 58.0 Å². The van der Waals surface area contributed by atoms with Gasteiger partial charge in [-0.05, 0) is 36.1 Å². The molecule has 1 heterocycles. The van der Waals surface area contributed by atoms with Gasteiger partial charge in [-0.25, -0.2) is 8.42 Å². The smallest absolute Gasteiger partial charge is 0.245 e. The second-order valence-electron chi connectivity index (χ2n) is 11.8. The summed E-state index contributed by atoms with van der Waals surface area (Å²) in [5.74, 6) is 0.245. The molecule has 232 valence electrons. The standard InChI is InChI=1S/C30H44N4O7S/c1-22(2)19-34(42(38,39)24-11-12-25-26(15-24)41-21-40-25)30(37,16-23-9-7-6-8-10-23)13-14-32-27(35)17-29(3,4)20-33-28(36)18-31-5/h6-12,15,22,31,37H,13-14,16-21H2,1-5H3,(H,32,35)(H,33,36). The maximum atomic E-state index is 14.1. The largest absolute Gasteiger partial charge is 0.454 e. The summed E-state index contributed by atoms with van der Waals surface area (Å²) >= 11 is 0. The monoisotopic (exact) mass is 604 g/mol. The summed E-state index contributed by atoms with van der Waals surface area (Å²) in [4.78, 5) is 24.7. The van der Waals surface area contributed by atoms with E-state index in [0.29, 0.717) is 18.0 Å². The predicted octanol–water partition coefficient (Wildman–Crippen LogP) is 2.25. The molecule has 2 aromatic carbocycles. The molecule has 0 aromatic heterocycles. The van der Waals surface area contributed by atoms with Crippen LogP contribution in [0, 0.1) is 11.3 Å². The number of hydrogen-bond acceptors (Lipinski definition) is 8. The maximum Gasteiger partial charge on any atom is 0.245 e. The minimum atomic E-state index is -4.21. The molecular formula is C30H44N4O7S. The number of aliphatic hydroxyl groups is 1. The molecule has 0 saturated carbocycles. The average molecular weight is 605 g/mol. The fourth-order valence-electron chi connectivity index (χ4n) is 4.73. The van der Waals surface area contributed by atoms with E-state index in [1.165, 1.54) is 12.1 Å². The van der Waals surface area contributed by atoms with Crippen LogP contribution in [0.3, 0.4) is 0 Å². The quantitative estimate of drug-likeness (QED) is 0.214. The van der Waals surface area contributed by atoms with E-state index >= 15 is 0 Å². The van der Waals surface area contributed by atoms with Crippen molar-refractivity contribution in [2.75, 3.05) is 40.0 Å². The van der Waals surface area contributed by atoms with Crippen molar-refractivity contribution in [2.45, 2.75) is 57.6 Å². The van der Waals surface area contributed by atoms with Crippen LogP contribution in [0.2, 0.25) is 0 Å². The van der Waals surface area contributed by atoms with Crippen molar-refractivity contribution in [3.05, 3.63) is 54.1 Å². The van der Waals surface area contributed by atoms with E-state index in [0.717, 1.165) is 9.87 Å². The van der Waals surface area contributed by atoms with Gasteiger partial charge in [-0.15, -0.1) is 0 Å². The minimum Gasteiger partial charge on any atom is -0.454 e. The Hall–Kier alpha value is -3.19. The molecule has 2 aromatic rings. The first kappa shape index (κ1) is 33.3. The van der Waals surface area contributed by atoms with Crippen molar-refractivity contribution in [1.82, 2.24) is 20.3 Å². The van der Waals surface area contributed by atoms with Gasteiger partial charge < -0.3 is 30.5 Å². The SMILES string of the molecule is CNCC(=O)NCC(C)(C)CC(=O)NCCC(O)(Cc1ccccc1)N(CC(C)C)S(=O)(=O)c1ccc2c(c1)OCO2. The lowest BCUT2D eigenvalue weighted by Crippen LogP contribution is -2.55. The number of rotatable bonds is 16. The summed E-state index contributed by atoms with van der Waals surface area (Å²) in [5, 5.41) is 20.6. The number of sulfonamides is 1. The topological polar surface area (TPSA) is 146 Å². The van der Waals surface area contributed by atoms with Crippen LogP contribution in [0.15, 0.2) is 53.4 Å². The third kappa shape index (κ3) is 9.15. The summed E-state index contributed by atoms with van der Waals surface area (Å²) in [6.07, 6.45) is 0.0990. The fourth-order valence-corrected chi connectivity index (χ4v) is 6.58. The van der Waals surface area contributed by atoms with Gasteiger partial charge >= 0.3 is 0 Å². The third-order valence-corrected chi connectivity index (χ3v) is 8.76. The van der Waals surface area contributed by atoms with Crippen LogP contribution in [0.5, 0.6) is 11.5 Å². The molecule has 0 radical (unpaired) electrons. The Bertz CT molecular complexity index is 1320. The van der Waals surface area contributed by atoms with Crippen molar-refractivity contribution < 1.29 is 32.6 Å². The molecule has 1 unspecified atom stereocenters. The van der Waals surface area contributed by atoms with Crippen LogP contribution in [0.1, 0.15) is 46.1 Å². The van der Waals surface area contributed by atoms with Crippen molar-refractivity contribution >= 4 is 21.8 Å². The summed E-state index contributed by atoms with van der Waals surface area (Å²) in [6, 6.07) is 13.6. The lowest BCUT2D eigenvalue weighted by Gasteiger charge is -2.40. The molecule has 0 aliphatic carbocycles. The molecular weight excluding hydrogens is 560 g/mol. The van der Waals surface area contributed by atoms with E-state index < -0.39 is 21.2 Å². The van der Waals surface area contributed by atoms with Crippen LogP contribution in [0.4, 0.5) is 0 Å². The number of benzene rings is 2. The van der Waals surface area contributed by atoms with E-state index in [9.17, 15) is 23.1 Å². The highest BCUT2D eigenvalue weighted by Crippen LogP contribution is 2.37. The van der Waals surface area contributed by atoms with Crippen LogP contribution < -0.4 is 25.4 Å². The number of likely N-dealkylation sites (N-methyl/N-ethyl adjacent to an activating group) is 1. The van der Waals surface area contributed by atoms with E-state index in [-0.39, 0.29) is 68.3 Å². The van der Waals surface area contributed by atoms with Gasteiger partial charge in [0.25, 0.3) is 0 Å². The van der Waals surface area contributed by atoms with Crippen LogP contribution in [-0.4, -0.2) is 75.4 Å². The van der Waals surface area contributed by atoms with Crippen molar-refractivity contribution in [2.24, 2.45) is 11.3 Å². The molecule has 0 spiro atoms. The molecule has 1 atom stereocenters. The van der Waals surface area contributed by atoms with Crippen LogP contribution in [-0.2, 0) is 26.0 Å². The molecule has 3 rings (SSSR count). The highest BCUT2D eigenvalue weighted by Gasteiger charge is 2.43. The highest BCUT2D eigenvalue weighted by atomic mass is 32.2. The first-order chi connectivity index (χ1) is 19.8. The zero-order chi connectivity index (χ0) is 31.0. The molecule has 0 saturated heterocycles. The Morgan fingerprint density at radius 3 is 2.38 bits per heavy atom. The number of carbonyl (C=O) groups excluding carboxylic acids is 2. The van der Waals surface area contributed by atoms with E-state index in [2.05, 4.69) is 16.0 Å². The summed E-state index contributed by atoms with van der Waals surface area (Å²) in [7, 11) is -2.53. The molecule has 1 aliphatic heterocycles. The summed E-state index contributed by atoms with van der Waals surface area (Å²) in [6.45, 7) is 8.10. The summed E-state index contributed by atoms with van der Waals surface area (Å²) < 4.78 is 40.1. The molecule has 1 aliphatic rings. The van der Waals surface area contributed by atoms with Gasteiger partial charge in [-0.2, -0.15) is 4.31 Å². The Kier molecular flexibility index (Phi) is 11.4. The van der Waals surface area contributed by atoms with Gasteiger partial charge in [0.15, 0.2) is 11.5 Å². The first-order valence-corrected chi connectivity index (χ1v) is 15.6. The minimum absolute atomic E-state index is 0.00527. The van der Waals surface area contributed by atoms with E-state index in [1.54, 1.807) is 13.1 Å². The number of nitrogens with zero attached hydrogens (tertiary/aromatic N) is 1. The lowest BCUT2D eigenvalue weighted by atomic mass is 9.88. The van der Waals surface area contributed by atoms with E-state index in [4.69, 9.17) is 9.47 Å². The second-order valence-corrected chi connectivity index (χ2v) is 13.7. The number of ether oxygens (including phenoxy) is 2. The Morgan fingerprint density at radius 2 is 1.71 bits per heavy atom. The zero-order valence-corrected chi connectivity index (χ0v) is 25.9. The fraction of sp³-hybridized carbons (Fsp3) is 0.533. The van der Waals surface area contributed by atoms with Gasteiger partial charge in [0.05, 0.1) is 11.4 Å². The summed E-state index contributed by atoms with van der Waals surface area (Å²) in [5.41, 5.74) is -1.62. The highest BCUT2D eigenvalue weighted by molar-refractivity contribution is 7.89. The Morgan fingerprint density at radius 1 is 1.02 bits per heavy atom. The zero-order valence-electron chi connectivity index (χ0n) is 25.1. The number of fused-ring (bicyclic) bond motifs is 1. The molecule has 12 heteroatoms. The van der Waals surface area contributed by atoms with Gasteiger partial charge in [-0.1, -0.05) is 58.0 Å². The Labute approximate surface area is 249 Å². The van der Waals surface area contributed by atoms with Gasteiger partial charge in [0.1, 0.15) is 5.72 Å². The van der Waals surface area contributed by atoms with Gasteiger partial charge in [0.2, 0.25) is 28.6 Å². The lowest BCUT2D eigenvalue weighted by molar-refractivity contribution is -0.125. The van der Waals surface area contributed by atoms with Crippen LogP contribution in [0.25, 0.3) is 0 Å². The first-order valence-electron chi connectivity index (χ1n) is 14.1. The normalized spacial score (nSPS) is 14.6. The molecule has 11 nitrogen and oxygen atoms in total. The number of hydrogen-bond donors (Lipinski definition) is 4. The molecule has 4 N–H and O–H groups in total. The molecule has 2 amide bonds. The number of carbonyl (C=O) groups is 2. The van der Waals surface area contributed by atoms with Crippen molar-refractivity contribution in [3.8, 4) is 11.5 Å². The predicted molar refractivity (Wildman–Crippen MR) is 159 cm³/mol. The maximum absolute atomic E-state index is 14.1. The van der Waals surface area contributed by atoms with Crippen LogP contribution >= 0.6 is 0 Å². The number of amides is 2. The number of nitrogens with one attached hydrogen (secondary N) is 3. The second kappa shape index (κ2) is 14.3. The van der Waals surface area contributed by atoms with Gasteiger partial charge in [-0.3, -0.25) is 9.59 Å². The molecule has 42 heavy (non-hydrogen) atoms. The van der Waals surface area contributed by atoms with Gasteiger partial charge in [0, 0.05) is 45.0 Å². The molecule has 0 bridgehead atoms. The average Bonchev–Trinajstić information content (AvgIpc) is 3.39. The Balaban J connectivity index is 1.82.